The van der Waals surface area contributed by atoms with Gasteiger partial charge in [0.05, 0.1) is 28.3 Å². The van der Waals surface area contributed by atoms with Crippen LogP contribution < -0.4 is 10.9 Å². The molecule has 0 aromatic heterocycles. The summed E-state index contributed by atoms with van der Waals surface area (Å²) >= 11 is 0. The van der Waals surface area contributed by atoms with Crippen molar-refractivity contribution in [2.45, 2.75) is 233 Å². The van der Waals surface area contributed by atoms with Crippen LogP contribution in [0.4, 0.5) is 0 Å². The molecule has 4 nitrogen and oxygen atoms in total. The van der Waals surface area contributed by atoms with E-state index >= 15 is 0 Å². The molecule has 2 heterocycles. The van der Waals surface area contributed by atoms with Gasteiger partial charge in [-0.3, -0.25) is 0 Å². The first-order valence-electron chi connectivity index (χ1n) is 26.9. The fourth-order valence-electron chi connectivity index (χ4n) is 10.9. The van der Waals surface area contributed by atoms with Crippen molar-refractivity contribution in [2.75, 3.05) is 0 Å². The van der Waals surface area contributed by atoms with Gasteiger partial charge in [-0.25, -0.2) is 0 Å². The molecule has 6 heteroatoms. The Bertz CT molecular complexity index is 2070. The quantitative estimate of drug-likeness (QED) is 0.0457. The molecule has 4 aromatic rings. The van der Waals surface area contributed by atoms with Crippen LogP contribution in [0.5, 0.6) is 0 Å². The van der Waals surface area contributed by atoms with Gasteiger partial charge >= 0.3 is 14.2 Å². The molecular formula is C60H86B2O4. The first-order chi connectivity index (χ1) is 31.7. The molecule has 0 bridgehead atoms. The van der Waals surface area contributed by atoms with E-state index in [0.29, 0.717) is 0 Å². The smallest absolute Gasteiger partial charge is 0.402 e. The largest absolute Gasteiger partial charge is 0.494 e. The summed E-state index contributed by atoms with van der Waals surface area (Å²) in [6, 6.07) is 29.9. The summed E-state index contributed by atoms with van der Waals surface area (Å²) < 4.78 is 27.2. The van der Waals surface area contributed by atoms with Crippen molar-refractivity contribution < 1.29 is 18.6 Å². The van der Waals surface area contributed by atoms with Gasteiger partial charge in [0.2, 0.25) is 0 Å². The van der Waals surface area contributed by atoms with Crippen molar-refractivity contribution in [3.63, 3.8) is 0 Å². The van der Waals surface area contributed by atoms with Gasteiger partial charge in [-0.15, -0.1) is 0 Å². The summed E-state index contributed by atoms with van der Waals surface area (Å²) in [5.41, 5.74) is 14.1. The highest BCUT2D eigenvalue weighted by atomic mass is 16.7. The zero-order chi connectivity index (χ0) is 47.1. The fourth-order valence-corrected chi connectivity index (χ4v) is 10.9. The Morgan fingerprint density at radius 1 is 0.424 bits per heavy atom. The Morgan fingerprint density at radius 2 is 0.788 bits per heavy atom. The molecule has 66 heavy (non-hydrogen) atoms. The van der Waals surface area contributed by atoms with Crippen LogP contribution in [0.1, 0.15) is 223 Å². The molecule has 0 N–H and O–H groups in total. The van der Waals surface area contributed by atoms with Gasteiger partial charge < -0.3 is 18.6 Å². The first-order valence-corrected chi connectivity index (χ1v) is 26.9. The molecule has 1 aliphatic carbocycles. The lowest BCUT2D eigenvalue weighted by Gasteiger charge is -2.36. The third-order valence-electron chi connectivity index (χ3n) is 15.9. The van der Waals surface area contributed by atoms with Crippen LogP contribution >= 0.6 is 0 Å². The average molecular weight is 893 g/mol. The third-order valence-corrected chi connectivity index (χ3v) is 15.9. The van der Waals surface area contributed by atoms with Gasteiger partial charge in [0.15, 0.2) is 0 Å². The van der Waals surface area contributed by atoms with E-state index in [4.69, 9.17) is 18.6 Å². The van der Waals surface area contributed by atoms with Gasteiger partial charge in [0.1, 0.15) is 0 Å². The van der Waals surface area contributed by atoms with Crippen LogP contribution in [0.2, 0.25) is 0 Å². The minimum atomic E-state index is -0.616. The Morgan fingerprint density at radius 3 is 1.12 bits per heavy atom. The van der Waals surface area contributed by atoms with Gasteiger partial charge in [-0.1, -0.05) is 178 Å². The number of aryl methyl sites for hydroxylation is 4. The SMILES string of the molecule is CCCCCCc1cc(CCCCCC)cc(C2(c3cc(CCCCCC)cc(CCCCCC)c3)c3cc(B4OC(C)C(C)(C)O4)ccc3-c3ccc(B4OC(C)(C)C(C)(C)O4)cc32)c1. The maximum atomic E-state index is 6.86. The van der Waals surface area contributed by atoms with Crippen molar-refractivity contribution in [3.8, 4) is 11.1 Å². The predicted molar refractivity (Wildman–Crippen MR) is 282 cm³/mol. The monoisotopic (exact) mass is 893 g/mol. The van der Waals surface area contributed by atoms with Crippen molar-refractivity contribution in [1.82, 2.24) is 0 Å². The second-order valence-corrected chi connectivity index (χ2v) is 22.1. The molecule has 2 aliphatic heterocycles. The van der Waals surface area contributed by atoms with E-state index in [9.17, 15) is 0 Å². The molecule has 2 fully saturated rings. The maximum Gasteiger partial charge on any atom is 0.494 e. The van der Waals surface area contributed by atoms with Gasteiger partial charge in [0.25, 0.3) is 0 Å². The summed E-state index contributed by atoms with van der Waals surface area (Å²) in [5, 5.41) is 0. The van der Waals surface area contributed by atoms with E-state index in [2.05, 4.69) is 149 Å². The zero-order valence-electron chi connectivity index (χ0n) is 43.4. The van der Waals surface area contributed by atoms with Crippen LogP contribution in [-0.4, -0.2) is 37.1 Å². The molecular weight excluding hydrogens is 806 g/mol. The lowest BCUT2D eigenvalue weighted by atomic mass is 9.64. The summed E-state index contributed by atoms with van der Waals surface area (Å²) in [6.45, 7) is 24.4. The highest BCUT2D eigenvalue weighted by Gasteiger charge is 2.54. The first kappa shape index (κ1) is 50.7. The van der Waals surface area contributed by atoms with E-state index in [0.717, 1.165) is 36.6 Å². The van der Waals surface area contributed by atoms with Crippen LogP contribution in [0, 0.1) is 0 Å². The number of hydrogen-bond acceptors (Lipinski definition) is 4. The summed E-state index contributed by atoms with van der Waals surface area (Å²) in [7, 11) is -0.917. The predicted octanol–water partition coefficient (Wildman–Crippen LogP) is 14.7. The number of hydrogen-bond donors (Lipinski definition) is 0. The zero-order valence-corrected chi connectivity index (χ0v) is 43.4. The van der Waals surface area contributed by atoms with E-state index in [1.807, 2.05) is 0 Å². The molecule has 1 atom stereocenters. The minimum Gasteiger partial charge on any atom is -0.402 e. The number of benzene rings is 4. The molecule has 0 radical (unpaired) electrons. The Kier molecular flexibility index (Phi) is 17.0. The van der Waals surface area contributed by atoms with Gasteiger partial charge in [-0.2, -0.15) is 0 Å². The highest BCUT2D eigenvalue weighted by molar-refractivity contribution is 6.62. The van der Waals surface area contributed by atoms with E-state index in [1.54, 1.807) is 0 Å². The summed E-state index contributed by atoms with van der Waals surface area (Å²) in [6.07, 6.45) is 24.4. The van der Waals surface area contributed by atoms with E-state index in [1.165, 1.54) is 158 Å². The Balaban J connectivity index is 1.53. The molecule has 3 aliphatic rings. The molecule has 7 rings (SSSR count). The molecule has 4 aromatic carbocycles. The second kappa shape index (κ2) is 22.1. The molecule has 0 saturated carbocycles. The molecule has 2 saturated heterocycles. The van der Waals surface area contributed by atoms with E-state index in [-0.39, 0.29) is 11.7 Å². The molecule has 356 valence electrons. The maximum absolute atomic E-state index is 6.86. The highest BCUT2D eigenvalue weighted by Crippen LogP contribution is 2.57. The number of rotatable bonds is 24. The third kappa shape index (κ3) is 11.0. The fraction of sp³-hybridized carbons (Fsp3) is 0.600. The Hall–Kier alpha value is -3.15. The van der Waals surface area contributed by atoms with Crippen LogP contribution in [0.25, 0.3) is 11.1 Å². The Labute approximate surface area is 403 Å². The van der Waals surface area contributed by atoms with Gasteiger partial charge in [-0.05, 0) is 166 Å². The van der Waals surface area contributed by atoms with Crippen LogP contribution in [0.15, 0.2) is 72.8 Å². The second-order valence-electron chi connectivity index (χ2n) is 22.1. The van der Waals surface area contributed by atoms with Crippen molar-refractivity contribution in [2.24, 2.45) is 0 Å². The van der Waals surface area contributed by atoms with Crippen LogP contribution in [0.3, 0.4) is 0 Å². The van der Waals surface area contributed by atoms with E-state index < -0.39 is 30.9 Å². The topological polar surface area (TPSA) is 36.9 Å². The summed E-state index contributed by atoms with van der Waals surface area (Å²) in [4.78, 5) is 0. The molecule has 0 spiro atoms. The minimum absolute atomic E-state index is 0.0282. The number of fused-ring (bicyclic) bond motifs is 3. The average Bonchev–Trinajstić information content (AvgIpc) is 3.83. The lowest BCUT2D eigenvalue weighted by molar-refractivity contribution is 0.00578. The molecule has 0 amide bonds. The lowest BCUT2D eigenvalue weighted by Crippen LogP contribution is -2.41. The summed E-state index contributed by atoms with van der Waals surface area (Å²) in [5.74, 6) is 0. The van der Waals surface area contributed by atoms with Crippen molar-refractivity contribution >= 4 is 25.2 Å². The van der Waals surface area contributed by atoms with Crippen molar-refractivity contribution in [3.05, 3.63) is 117 Å². The number of unbranched alkanes of at least 4 members (excludes halogenated alkanes) is 12. The standard InChI is InChI=1S/C60H86B2O4/c1-12-16-20-24-28-45-36-46(29-25-21-17-13-2)39-49(38-45)60(50-40-47(30-26-22-18-14-3)37-48(41-50)31-27-23-19-15-4)55-42-51(61-63-44(5)57(6,7)64-61)32-34-53(55)54-35-33-52(43-56(54)60)62-65-58(8,9)59(10,11)66-62/h32-44H,12-31H2,1-11H3. The molecule has 1 unspecified atom stereocenters. The van der Waals surface area contributed by atoms with Crippen LogP contribution in [-0.2, 0) is 49.7 Å². The van der Waals surface area contributed by atoms with Gasteiger partial charge in [0, 0.05) is 0 Å². The van der Waals surface area contributed by atoms with Crippen molar-refractivity contribution in [1.29, 1.82) is 0 Å². The normalized spacial score (nSPS) is 18.9.